The van der Waals surface area contributed by atoms with Crippen LogP contribution in [0, 0.1) is 0 Å². The van der Waals surface area contributed by atoms with E-state index in [1.54, 1.807) is 20.5 Å². The van der Waals surface area contributed by atoms with E-state index in [9.17, 15) is 0 Å². The zero-order valence-electron chi connectivity index (χ0n) is 14.0. The van der Waals surface area contributed by atoms with Gasteiger partial charge in [-0.1, -0.05) is 12.1 Å². The van der Waals surface area contributed by atoms with Crippen molar-refractivity contribution in [1.82, 2.24) is 9.55 Å². The predicted molar refractivity (Wildman–Crippen MR) is 92.5 cm³/mol. The standard InChI is InChI=1S/C19H20N2O3/c1-21-11-19(20-13-21)15-5-4-6-16(9-15)24-12-14-7-17(22-2)10-18(8-14)23-3/h4-11,13H,12H2,1-3H3. The summed E-state index contributed by atoms with van der Waals surface area (Å²) in [5.41, 5.74) is 2.93. The molecule has 0 aliphatic carbocycles. The van der Waals surface area contributed by atoms with Crippen molar-refractivity contribution in [3.05, 3.63) is 60.6 Å². The number of hydrogen-bond acceptors (Lipinski definition) is 4. The summed E-state index contributed by atoms with van der Waals surface area (Å²) >= 11 is 0. The molecular formula is C19H20N2O3. The Morgan fingerprint density at radius 3 is 2.33 bits per heavy atom. The summed E-state index contributed by atoms with van der Waals surface area (Å²) in [7, 11) is 5.22. The number of imidazole rings is 1. The van der Waals surface area contributed by atoms with Crippen LogP contribution in [0.1, 0.15) is 5.56 Å². The molecule has 1 aromatic heterocycles. The summed E-state index contributed by atoms with van der Waals surface area (Å²) in [5.74, 6) is 2.28. The van der Waals surface area contributed by atoms with E-state index in [0.717, 1.165) is 34.1 Å². The summed E-state index contributed by atoms with van der Waals surface area (Å²) in [6.45, 7) is 0.430. The number of nitrogens with zero attached hydrogens (tertiary/aromatic N) is 2. The zero-order valence-corrected chi connectivity index (χ0v) is 14.0. The smallest absolute Gasteiger partial charge is 0.122 e. The quantitative estimate of drug-likeness (QED) is 0.694. The highest BCUT2D eigenvalue weighted by Crippen LogP contribution is 2.25. The molecule has 0 saturated heterocycles. The van der Waals surface area contributed by atoms with Gasteiger partial charge >= 0.3 is 0 Å². The lowest BCUT2D eigenvalue weighted by Gasteiger charge is -2.10. The van der Waals surface area contributed by atoms with Crippen LogP contribution in [-0.4, -0.2) is 23.8 Å². The number of aromatic nitrogens is 2. The fourth-order valence-electron chi connectivity index (χ4n) is 2.42. The average molecular weight is 324 g/mol. The van der Waals surface area contributed by atoms with E-state index >= 15 is 0 Å². The van der Waals surface area contributed by atoms with Crippen molar-refractivity contribution in [1.29, 1.82) is 0 Å². The predicted octanol–water partition coefficient (Wildman–Crippen LogP) is 3.68. The monoisotopic (exact) mass is 324 g/mol. The molecule has 0 fully saturated rings. The van der Waals surface area contributed by atoms with Gasteiger partial charge in [0, 0.05) is 24.9 Å². The van der Waals surface area contributed by atoms with Crippen molar-refractivity contribution in [3.8, 4) is 28.5 Å². The number of hydrogen-bond donors (Lipinski definition) is 0. The van der Waals surface area contributed by atoms with Crippen molar-refractivity contribution >= 4 is 0 Å². The Balaban J connectivity index is 1.75. The van der Waals surface area contributed by atoms with Crippen LogP contribution in [0.25, 0.3) is 11.3 Å². The van der Waals surface area contributed by atoms with E-state index < -0.39 is 0 Å². The molecule has 0 N–H and O–H groups in total. The second-order valence-corrected chi connectivity index (χ2v) is 5.46. The fourth-order valence-corrected chi connectivity index (χ4v) is 2.42. The highest BCUT2D eigenvalue weighted by atomic mass is 16.5. The van der Waals surface area contributed by atoms with Gasteiger partial charge in [0.25, 0.3) is 0 Å². The number of aryl methyl sites for hydroxylation is 1. The Morgan fingerprint density at radius 2 is 1.71 bits per heavy atom. The van der Waals surface area contributed by atoms with E-state index in [4.69, 9.17) is 14.2 Å². The van der Waals surface area contributed by atoms with Crippen molar-refractivity contribution < 1.29 is 14.2 Å². The molecule has 24 heavy (non-hydrogen) atoms. The molecule has 0 bridgehead atoms. The van der Waals surface area contributed by atoms with E-state index in [2.05, 4.69) is 4.98 Å². The second kappa shape index (κ2) is 7.08. The van der Waals surface area contributed by atoms with Crippen molar-refractivity contribution in [2.75, 3.05) is 14.2 Å². The molecule has 0 amide bonds. The third kappa shape index (κ3) is 3.68. The maximum atomic E-state index is 5.91. The second-order valence-electron chi connectivity index (χ2n) is 5.46. The Kier molecular flexibility index (Phi) is 4.70. The summed E-state index contributed by atoms with van der Waals surface area (Å²) in [4.78, 5) is 4.37. The van der Waals surface area contributed by atoms with Crippen LogP contribution < -0.4 is 14.2 Å². The molecule has 0 saturated carbocycles. The molecule has 0 atom stereocenters. The van der Waals surface area contributed by atoms with Crippen molar-refractivity contribution in [2.45, 2.75) is 6.61 Å². The van der Waals surface area contributed by atoms with Gasteiger partial charge in [-0.2, -0.15) is 0 Å². The maximum Gasteiger partial charge on any atom is 0.122 e. The molecule has 1 heterocycles. The summed E-state index contributed by atoms with van der Waals surface area (Å²) < 4.78 is 18.4. The Labute approximate surface area is 141 Å². The lowest BCUT2D eigenvalue weighted by atomic mass is 10.1. The van der Waals surface area contributed by atoms with Crippen molar-refractivity contribution in [3.63, 3.8) is 0 Å². The molecule has 0 aliphatic rings. The van der Waals surface area contributed by atoms with Gasteiger partial charge in [-0.05, 0) is 29.8 Å². The third-order valence-electron chi connectivity index (χ3n) is 3.65. The molecule has 0 unspecified atom stereocenters. The lowest BCUT2D eigenvalue weighted by molar-refractivity contribution is 0.304. The van der Waals surface area contributed by atoms with Gasteiger partial charge in [0.15, 0.2) is 0 Å². The van der Waals surface area contributed by atoms with E-state index in [0.29, 0.717) is 6.61 Å². The van der Waals surface area contributed by atoms with E-state index in [1.807, 2.05) is 60.3 Å². The number of benzene rings is 2. The van der Waals surface area contributed by atoms with Gasteiger partial charge in [0.05, 0.1) is 26.2 Å². The Hall–Kier alpha value is -2.95. The van der Waals surface area contributed by atoms with Crippen LogP contribution in [-0.2, 0) is 13.7 Å². The average Bonchev–Trinajstić information content (AvgIpc) is 3.06. The van der Waals surface area contributed by atoms with Gasteiger partial charge in [-0.15, -0.1) is 0 Å². The van der Waals surface area contributed by atoms with Gasteiger partial charge < -0.3 is 18.8 Å². The van der Waals surface area contributed by atoms with Gasteiger partial charge in [0.1, 0.15) is 23.9 Å². The van der Waals surface area contributed by atoms with Gasteiger partial charge in [-0.3, -0.25) is 0 Å². The minimum absolute atomic E-state index is 0.430. The van der Waals surface area contributed by atoms with Crippen LogP contribution in [0.4, 0.5) is 0 Å². The first-order valence-corrected chi connectivity index (χ1v) is 7.61. The first-order chi connectivity index (χ1) is 11.7. The van der Waals surface area contributed by atoms with Gasteiger partial charge in [-0.25, -0.2) is 4.98 Å². The van der Waals surface area contributed by atoms with Crippen LogP contribution in [0.2, 0.25) is 0 Å². The van der Waals surface area contributed by atoms with E-state index in [1.165, 1.54) is 0 Å². The highest BCUT2D eigenvalue weighted by Gasteiger charge is 2.05. The first-order valence-electron chi connectivity index (χ1n) is 7.61. The molecule has 5 nitrogen and oxygen atoms in total. The van der Waals surface area contributed by atoms with Gasteiger partial charge in [0.2, 0.25) is 0 Å². The molecular weight excluding hydrogens is 304 g/mol. The van der Waals surface area contributed by atoms with Crippen LogP contribution in [0.5, 0.6) is 17.2 Å². The first kappa shape index (κ1) is 15.9. The number of methoxy groups -OCH3 is 2. The minimum Gasteiger partial charge on any atom is -0.497 e. The molecule has 0 radical (unpaired) electrons. The Bertz CT molecular complexity index is 805. The van der Waals surface area contributed by atoms with Crippen molar-refractivity contribution in [2.24, 2.45) is 7.05 Å². The summed E-state index contributed by atoms with van der Waals surface area (Å²) in [6, 6.07) is 13.6. The minimum atomic E-state index is 0.430. The third-order valence-corrected chi connectivity index (χ3v) is 3.65. The molecule has 5 heteroatoms. The molecule has 0 spiro atoms. The molecule has 3 aromatic rings. The lowest BCUT2D eigenvalue weighted by Crippen LogP contribution is -1.97. The zero-order chi connectivity index (χ0) is 16.9. The van der Waals surface area contributed by atoms with E-state index in [-0.39, 0.29) is 0 Å². The van der Waals surface area contributed by atoms with Crippen LogP contribution >= 0.6 is 0 Å². The largest absolute Gasteiger partial charge is 0.497 e. The van der Waals surface area contributed by atoms with Crippen LogP contribution in [0.3, 0.4) is 0 Å². The summed E-state index contributed by atoms with van der Waals surface area (Å²) in [5, 5.41) is 0. The topological polar surface area (TPSA) is 45.5 Å². The summed E-state index contributed by atoms with van der Waals surface area (Å²) in [6.07, 6.45) is 3.76. The molecule has 124 valence electrons. The number of ether oxygens (including phenoxy) is 3. The fraction of sp³-hybridized carbons (Fsp3) is 0.211. The highest BCUT2D eigenvalue weighted by molar-refractivity contribution is 5.60. The normalized spacial score (nSPS) is 10.5. The number of rotatable bonds is 6. The maximum absolute atomic E-state index is 5.91. The Morgan fingerprint density at radius 1 is 0.958 bits per heavy atom. The molecule has 0 aliphatic heterocycles. The SMILES string of the molecule is COc1cc(COc2cccc(-c3cn(C)cn3)c2)cc(OC)c1. The molecule has 3 rings (SSSR count). The van der Waals surface area contributed by atoms with Crippen LogP contribution in [0.15, 0.2) is 55.0 Å². The molecule has 2 aromatic carbocycles.